The number of hydrogen-bond acceptors (Lipinski definition) is 1. The van der Waals surface area contributed by atoms with Crippen molar-refractivity contribution in [1.82, 2.24) is 4.98 Å². The van der Waals surface area contributed by atoms with E-state index in [0.29, 0.717) is 9.54 Å². The van der Waals surface area contributed by atoms with Crippen LogP contribution in [0.5, 0.6) is 0 Å². The predicted molar refractivity (Wildman–Crippen MR) is 140 cm³/mol. The molecule has 0 N–H and O–H groups in total. The molecule has 0 radical (unpaired) electrons. The second-order valence-corrected chi connectivity index (χ2v) is 39.6. The molecule has 5 heteroatoms. The average molecular weight is 552 g/mol. The minimum atomic E-state index is -3.37. The zero-order chi connectivity index (χ0) is 21.2. The normalized spacial score (nSPS) is 21.2. The molecule has 0 bridgehead atoms. The Morgan fingerprint density at radius 3 is 2.06 bits per heavy atom. The van der Waals surface area contributed by atoms with Gasteiger partial charge in [-0.3, -0.25) is 0 Å². The molecular formula is C26H35Cl2NSiZr. The molecule has 1 aromatic carbocycles. The summed E-state index contributed by atoms with van der Waals surface area (Å²) in [5.74, 6) is 0.579. The van der Waals surface area contributed by atoms with Crippen LogP contribution in [0.2, 0.25) is 9.26 Å². The number of fused-ring (bicyclic) bond motifs is 1. The van der Waals surface area contributed by atoms with E-state index in [1.807, 2.05) is 15.7 Å². The van der Waals surface area contributed by atoms with Crippen LogP contribution in [0.4, 0.5) is 0 Å². The SMILES string of the molecule is CC1=C(C)C(C)[C]([Zr]([CH3])([CH3])(=[SiH2])[CH]2C(C)=C(c3cccnc3)c3ccccc32)=C1C.Cl.Cl. The van der Waals surface area contributed by atoms with Gasteiger partial charge in [0.2, 0.25) is 0 Å². The monoisotopic (exact) mass is 549 g/mol. The molecule has 4 rings (SSSR count). The van der Waals surface area contributed by atoms with E-state index >= 15 is 0 Å². The van der Waals surface area contributed by atoms with Gasteiger partial charge >= 0.3 is 179 Å². The van der Waals surface area contributed by atoms with Crippen LogP contribution in [0, 0.1) is 5.92 Å². The van der Waals surface area contributed by atoms with Crippen molar-refractivity contribution in [2.24, 2.45) is 5.92 Å². The van der Waals surface area contributed by atoms with Gasteiger partial charge in [0.1, 0.15) is 0 Å². The number of aromatic nitrogens is 1. The molecule has 1 heterocycles. The van der Waals surface area contributed by atoms with Gasteiger partial charge in [0.25, 0.3) is 0 Å². The summed E-state index contributed by atoms with van der Waals surface area (Å²) in [4.78, 5) is 4.43. The number of halogens is 2. The molecule has 0 fully saturated rings. The minimum Gasteiger partial charge on any atom is -0.147 e. The summed E-state index contributed by atoms with van der Waals surface area (Å²) in [5.41, 5.74) is 11.9. The number of allylic oxidation sites excluding steroid dienone is 5. The molecule has 2 aromatic rings. The van der Waals surface area contributed by atoms with E-state index in [0.717, 1.165) is 0 Å². The summed E-state index contributed by atoms with van der Waals surface area (Å²) in [5, 5.41) is 0. The summed E-state index contributed by atoms with van der Waals surface area (Å²) in [6, 6.07) is 13.4. The van der Waals surface area contributed by atoms with Gasteiger partial charge in [0.15, 0.2) is 0 Å². The molecular weight excluding hydrogens is 517 g/mol. The third-order valence-corrected chi connectivity index (χ3v) is 25.2. The molecule has 2 atom stereocenters. The van der Waals surface area contributed by atoms with Crippen LogP contribution in [-0.4, -0.2) is 11.9 Å². The first-order valence-corrected chi connectivity index (χ1v) is 24.2. The van der Waals surface area contributed by atoms with E-state index in [9.17, 15) is 0 Å². The van der Waals surface area contributed by atoms with E-state index in [1.165, 1.54) is 22.3 Å². The summed E-state index contributed by atoms with van der Waals surface area (Å²) < 4.78 is 7.75. The second-order valence-electron chi connectivity index (χ2n) is 10.2. The molecule has 2 aliphatic carbocycles. The van der Waals surface area contributed by atoms with E-state index in [2.05, 4.69) is 92.1 Å². The van der Waals surface area contributed by atoms with Crippen LogP contribution < -0.4 is 0 Å². The summed E-state index contributed by atoms with van der Waals surface area (Å²) in [7, 11) is 0. The zero-order valence-electron chi connectivity index (χ0n) is 19.7. The smallest absolute Gasteiger partial charge is 0.147 e. The van der Waals surface area contributed by atoms with Crippen molar-refractivity contribution < 1.29 is 17.4 Å². The first kappa shape index (κ1) is 26.5. The van der Waals surface area contributed by atoms with E-state index in [-0.39, 0.29) is 24.8 Å². The van der Waals surface area contributed by atoms with Crippen molar-refractivity contribution in [2.45, 2.75) is 47.5 Å². The molecule has 0 spiro atoms. The van der Waals surface area contributed by atoms with Crippen molar-refractivity contribution in [2.75, 3.05) is 0 Å². The summed E-state index contributed by atoms with van der Waals surface area (Å²) >= 11 is -3.37. The van der Waals surface area contributed by atoms with Gasteiger partial charge < -0.3 is 0 Å². The van der Waals surface area contributed by atoms with Crippen molar-refractivity contribution in [1.29, 1.82) is 0 Å². The Kier molecular flexibility index (Phi) is 7.61. The van der Waals surface area contributed by atoms with Gasteiger partial charge in [0, 0.05) is 0 Å². The van der Waals surface area contributed by atoms with Gasteiger partial charge in [-0.15, -0.1) is 24.8 Å². The fraction of sp³-hybridized carbons (Fsp3) is 0.346. The standard InChI is InChI=1S/C15H12N.C9H13.2CH3.2ClH.H2Si.Zr/c1-11-9-12-5-2-3-7-14(12)15(11)13-6-4-8-16-10-13;1-6-5-7(2)9(4)8(6)3;;;;;;/h2-10H,1H3;6H,1-4H3;2*1H3;2*1H;1H2;. The topological polar surface area (TPSA) is 12.9 Å². The van der Waals surface area contributed by atoms with Crippen LogP contribution in [-0.2, 0) is 17.4 Å². The molecule has 0 aliphatic heterocycles. The fourth-order valence-electron chi connectivity index (χ4n) is 6.50. The maximum atomic E-state index is 4.43. The quantitative estimate of drug-likeness (QED) is 0.362. The van der Waals surface area contributed by atoms with Crippen molar-refractivity contribution in [3.8, 4) is 0 Å². The molecule has 2 unspecified atom stereocenters. The Morgan fingerprint density at radius 2 is 1.52 bits per heavy atom. The Bertz CT molecular complexity index is 1180. The first-order valence-electron chi connectivity index (χ1n) is 10.7. The van der Waals surface area contributed by atoms with Gasteiger partial charge in [-0.25, -0.2) is 0 Å². The molecule has 0 saturated carbocycles. The Labute approximate surface area is 202 Å². The molecule has 2 aliphatic rings. The molecule has 31 heavy (non-hydrogen) atoms. The van der Waals surface area contributed by atoms with Gasteiger partial charge in [-0.2, -0.15) is 0 Å². The number of nitrogens with zero attached hydrogens (tertiary/aromatic N) is 1. The van der Waals surface area contributed by atoms with Gasteiger partial charge in [0.05, 0.1) is 0 Å². The average Bonchev–Trinajstić information content (AvgIpc) is 3.09. The van der Waals surface area contributed by atoms with E-state index in [4.69, 9.17) is 0 Å². The predicted octanol–water partition coefficient (Wildman–Crippen LogP) is 7.40. The first-order chi connectivity index (χ1) is 13.5. The third kappa shape index (κ3) is 3.95. The minimum absolute atomic E-state index is 0. The third-order valence-electron chi connectivity index (χ3n) is 7.77. The summed E-state index contributed by atoms with van der Waals surface area (Å²) in [6.45, 7) is 14.3. The van der Waals surface area contributed by atoms with Gasteiger partial charge in [-0.1, -0.05) is 0 Å². The number of benzene rings is 1. The number of rotatable bonds is 3. The second kappa shape index (κ2) is 8.90. The van der Waals surface area contributed by atoms with Crippen LogP contribution in [0.15, 0.2) is 74.4 Å². The number of pyridine rings is 1. The van der Waals surface area contributed by atoms with Crippen molar-refractivity contribution in [3.05, 3.63) is 91.1 Å². The van der Waals surface area contributed by atoms with E-state index < -0.39 is 17.4 Å². The van der Waals surface area contributed by atoms with Crippen molar-refractivity contribution in [3.63, 3.8) is 0 Å². The summed E-state index contributed by atoms with van der Waals surface area (Å²) in [6.07, 6.45) is 3.90. The Morgan fingerprint density at radius 1 is 0.871 bits per heavy atom. The van der Waals surface area contributed by atoms with Crippen LogP contribution in [0.25, 0.3) is 5.57 Å². The molecule has 1 nitrogen and oxygen atoms in total. The number of hydrogen-bond donors (Lipinski definition) is 0. The van der Waals surface area contributed by atoms with Crippen molar-refractivity contribution >= 4 is 37.3 Å². The molecule has 0 amide bonds. The Hall–Kier alpha value is -0.730. The maximum absolute atomic E-state index is 4.43. The fourth-order valence-corrected chi connectivity index (χ4v) is 28.1. The Balaban J connectivity index is 0.00000171. The van der Waals surface area contributed by atoms with Crippen LogP contribution in [0.3, 0.4) is 0 Å². The molecule has 0 saturated heterocycles. The zero-order valence-corrected chi connectivity index (χ0v) is 25.2. The van der Waals surface area contributed by atoms with Gasteiger partial charge in [-0.05, 0) is 0 Å². The van der Waals surface area contributed by atoms with Crippen LogP contribution >= 0.6 is 24.8 Å². The molecule has 1 aromatic heterocycles. The maximum Gasteiger partial charge on any atom is -0.147 e. The molecule has 166 valence electrons. The largest absolute Gasteiger partial charge is 0.147 e. The van der Waals surface area contributed by atoms with E-state index in [1.54, 1.807) is 22.3 Å². The van der Waals surface area contributed by atoms with Crippen LogP contribution in [0.1, 0.15) is 54.9 Å².